The highest BCUT2D eigenvalue weighted by molar-refractivity contribution is 6.04. The van der Waals surface area contributed by atoms with Crippen molar-refractivity contribution < 1.29 is 0 Å². The van der Waals surface area contributed by atoms with Crippen LogP contribution in [0.5, 0.6) is 0 Å². The smallest absolute Gasteiger partial charge is 0.0708 e. The normalized spacial score (nSPS) is 12.4. The van der Waals surface area contributed by atoms with E-state index in [-0.39, 0.29) is 48.7 Å². The van der Waals surface area contributed by atoms with Crippen LogP contribution in [0.3, 0.4) is 0 Å². The number of anilines is 12. The van der Waals surface area contributed by atoms with Crippen LogP contribution in [0.15, 0.2) is 419 Å². The third kappa shape index (κ3) is 22.8. The SMILES string of the molecule is CC(C)(C)c1ccc(-c2ccc(N(c3ccc(-c4ccc(C(C)(C)C)cc4)cc3)c3cc(-c4ccc(C(C)(C)C)cc4)ccc3N(c3ccc(-c4ccc(C(C)(C)C)cc4)cc3N(c3ccc(-c4ccc(C(C)(C)C)cc4)cc3)c3ccc(-c4ccc(C(C)(C)C)cc4)cc3)c3ccc(-c4ccc(C(C)(C)C)cc4)cc3N(c3ccc(-c4ccc(C(C)(C)C)cc4)cc3)c3ccc(-c4ccc(C(C)(C)C)cc4)cc3)cc2)cc1. The van der Waals surface area contributed by atoms with Gasteiger partial charge in [-0.05, 0) is 308 Å². The lowest BCUT2D eigenvalue weighted by Gasteiger charge is -2.39. The van der Waals surface area contributed by atoms with E-state index in [0.29, 0.717) is 0 Å². The molecule has 0 saturated heterocycles. The summed E-state index contributed by atoms with van der Waals surface area (Å²) in [6.07, 6.45) is 0. The maximum absolute atomic E-state index is 2.64. The van der Waals surface area contributed by atoms with Crippen LogP contribution < -0.4 is 19.6 Å². The zero-order valence-corrected chi connectivity index (χ0v) is 92.6. The van der Waals surface area contributed by atoms with Crippen LogP contribution in [0, 0.1) is 0 Å². The van der Waals surface area contributed by atoms with E-state index in [2.05, 4.69) is 625 Å². The molecule has 0 aliphatic heterocycles. The summed E-state index contributed by atoms with van der Waals surface area (Å²) in [5, 5.41) is 0. The van der Waals surface area contributed by atoms with Gasteiger partial charge >= 0.3 is 0 Å². The summed E-state index contributed by atoms with van der Waals surface area (Å²) in [7, 11) is 0. The Kier molecular flexibility index (Phi) is 28.2. The summed E-state index contributed by atoms with van der Waals surface area (Å²) in [5.41, 5.74) is 42.7. The Labute approximate surface area is 886 Å². The molecule has 0 heterocycles. The Bertz CT molecular complexity index is 6620. The van der Waals surface area contributed by atoms with Gasteiger partial charge in [0.2, 0.25) is 0 Å². The molecule has 0 unspecified atom stereocenters. The summed E-state index contributed by atoms with van der Waals surface area (Å²) in [6, 6.07) is 161. The molecule has 0 bridgehead atoms. The Hall–Kier alpha value is -14.8. The van der Waals surface area contributed by atoms with Crippen LogP contribution in [0.4, 0.5) is 68.2 Å². The Morgan fingerprint density at radius 1 is 0.0946 bits per heavy atom. The van der Waals surface area contributed by atoms with Crippen molar-refractivity contribution in [1.82, 2.24) is 0 Å². The molecule has 4 heteroatoms. The molecular weight excluding hydrogens is 1790 g/mol. The van der Waals surface area contributed by atoms with Crippen LogP contribution in [-0.2, 0) is 48.7 Å². The molecule has 0 atom stereocenters. The van der Waals surface area contributed by atoms with E-state index in [0.717, 1.165) is 168 Å². The molecule has 0 radical (unpaired) electrons. The molecule has 18 rings (SSSR count). The molecular formula is C144H150N4. The summed E-state index contributed by atoms with van der Waals surface area (Å²) >= 11 is 0. The van der Waals surface area contributed by atoms with Gasteiger partial charge in [0.15, 0.2) is 0 Å². The van der Waals surface area contributed by atoms with Gasteiger partial charge in [-0.1, -0.05) is 496 Å². The van der Waals surface area contributed by atoms with Crippen molar-refractivity contribution in [1.29, 1.82) is 0 Å². The van der Waals surface area contributed by atoms with Crippen LogP contribution in [-0.4, -0.2) is 0 Å². The standard InChI is InChI=1S/C144H150N4/c1-136(2,3)115-61-28-97(29-62-115)103-46-79-124(80-47-103)145(125-81-48-104(49-82-125)98-30-63-116(64-31-98)137(4,5)6)133-94-112(109-40-73-121(74-41-109)142(19,20)21)58-91-130(133)148(131-92-59-113(110-42-75-122(76-43-110)143(22,23)24)95-134(131)146(126-83-50-105(51-84-126)99-32-65-117(66-33-99)138(7,8)9)127-85-52-106(53-86-127)100-34-67-118(68-35-100)139(10,11)12)132-93-60-114(111-44-77-123(78-45-111)144(25,26)27)96-135(132)147(128-87-54-107(55-88-128)101-36-69-119(70-37-101)140(13,14)15)129-89-56-108(57-90-129)102-38-71-120(72-39-102)141(16,17)18/h28-96H,1-27H3. The first kappa shape index (κ1) is 103. The van der Waals surface area contributed by atoms with Crippen molar-refractivity contribution in [2.24, 2.45) is 0 Å². The zero-order valence-electron chi connectivity index (χ0n) is 92.6. The van der Waals surface area contributed by atoms with E-state index in [1.54, 1.807) is 0 Å². The lowest BCUT2D eigenvalue weighted by molar-refractivity contribution is 0.590. The summed E-state index contributed by atoms with van der Waals surface area (Å²) in [4.78, 5) is 10.3. The molecule has 18 aromatic rings. The first-order valence-electron chi connectivity index (χ1n) is 53.2. The molecule has 4 nitrogen and oxygen atoms in total. The average molecular weight is 1940 g/mol. The Morgan fingerprint density at radius 2 is 0.189 bits per heavy atom. The van der Waals surface area contributed by atoms with Crippen LogP contribution >= 0.6 is 0 Å². The number of benzene rings is 18. The van der Waals surface area contributed by atoms with E-state index in [1.807, 2.05) is 0 Å². The number of nitrogens with zero attached hydrogens (tertiary/aromatic N) is 4. The summed E-state index contributed by atoms with van der Waals surface area (Å²) in [6.45, 7) is 62.0. The largest absolute Gasteiger partial charge is 0.308 e. The Morgan fingerprint density at radius 3 is 0.297 bits per heavy atom. The fourth-order valence-corrected chi connectivity index (χ4v) is 20.2. The van der Waals surface area contributed by atoms with Gasteiger partial charge in [0.05, 0.1) is 34.1 Å². The minimum atomic E-state index is -0.0951. The van der Waals surface area contributed by atoms with Crippen LogP contribution in [0.1, 0.15) is 237 Å². The third-order valence-electron chi connectivity index (χ3n) is 29.9. The fourth-order valence-electron chi connectivity index (χ4n) is 20.2. The molecule has 148 heavy (non-hydrogen) atoms. The number of rotatable bonds is 21. The van der Waals surface area contributed by atoms with Crippen molar-refractivity contribution in [3.05, 3.63) is 469 Å². The van der Waals surface area contributed by atoms with Crippen molar-refractivity contribution in [3.8, 4) is 100 Å². The minimum absolute atomic E-state index is 0.0184. The van der Waals surface area contributed by atoms with Crippen molar-refractivity contribution in [2.75, 3.05) is 19.6 Å². The van der Waals surface area contributed by atoms with E-state index >= 15 is 0 Å². The Balaban J connectivity index is 0.991. The summed E-state index contributed by atoms with van der Waals surface area (Å²) in [5.74, 6) is 0. The van der Waals surface area contributed by atoms with E-state index < -0.39 is 0 Å². The number of hydrogen-bond acceptors (Lipinski definition) is 4. The highest BCUT2D eigenvalue weighted by Crippen LogP contribution is 2.57. The molecule has 746 valence electrons. The molecule has 0 N–H and O–H groups in total. The molecule has 0 aliphatic rings. The van der Waals surface area contributed by atoms with Gasteiger partial charge in [0, 0.05) is 34.1 Å². The molecule has 0 spiro atoms. The highest BCUT2D eigenvalue weighted by atomic mass is 15.3. The topological polar surface area (TPSA) is 13.0 Å². The van der Waals surface area contributed by atoms with Gasteiger partial charge in [-0.15, -0.1) is 0 Å². The summed E-state index contributed by atoms with van der Waals surface area (Å²) < 4.78 is 0. The van der Waals surface area contributed by atoms with Gasteiger partial charge in [-0.2, -0.15) is 0 Å². The maximum Gasteiger partial charge on any atom is 0.0708 e. The lowest BCUT2D eigenvalue weighted by atomic mass is 9.86. The van der Waals surface area contributed by atoms with E-state index in [9.17, 15) is 0 Å². The molecule has 0 fully saturated rings. The second-order valence-corrected chi connectivity index (χ2v) is 50.2. The van der Waals surface area contributed by atoms with E-state index in [1.165, 1.54) is 50.1 Å². The molecule has 0 saturated carbocycles. The first-order valence-corrected chi connectivity index (χ1v) is 53.2. The molecule has 18 aromatic carbocycles. The maximum atomic E-state index is 2.64. The van der Waals surface area contributed by atoms with Crippen molar-refractivity contribution in [3.63, 3.8) is 0 Å². The van der Waals surface area contributed by atoms with Gasteiger partial charge in [0.1, 0.15) is 0 Å². The fraction of sp³-hybridized carbons (Fsp3) is 0.250. The predicted octanol–water partition coefficient (Wildman–Crippen LogP) is 42.2. The molecule has 0 aromatic heterocycles. The van der Waals surface area contributed by atoms with Crippen molar-refractivity contribution >= 4 is 68.2 Å². The van der Waals surface area contributed by atoms with Gasteiger partial charge in [-0.25, -0.2) is 0 Å². The van der Waals surface area contributed by atoms with Gasteiger partial charge in [0.25, 0.3) is 0 Å². The van der Waals surface area contributed by atoms with Crippen LogP contribution in [0.25, 0.3) is 100 Å². The molecule has 0 amide bonds. The third-order valence-corrected chi connectivity index (χ3v) is 29.9. The number of hydrogen-bond donors (Lipinski definition) is 0. The van der Waals surface area contributed by atoms with Gasteiger partial charge in [-0.3, -0.25) is 0 Å². The average Bonchev–Trinajstić information content (AvgIpc) is 0.729. The monoisotopic (exact) mass is 1940 g/mol. The zero-order chi connectivity index (χ0) is 105. The lowest BCUT2D eigenvalue weighted by Crippen LogP contribution is -2.22. The predicted molar refractivity (Wildman–Crippen MR) is 642 cm³/mol. The second-order valence-electron chi connectivity index (χ2n) is 50.2. The second kappa shape index (κ2) is 40.4. The van der Waals surface area contributed by atoms with Gasteiger partial charge < -0.3 is 19.6 Å². The van der Waals surface area contributed by atoms with Crippen LogP contribution in [0.2, 0.25) is 0 Å². The minimum Gasteiger partial charge on any atom is -0.308 e. The van der Waals surface area contributed by atoms with Crippen molar-refractivity contribution in [2.45, 2.75) is 236 Å². The quantitative estimate of drug-likeness (QED) is 0.0711. The first-order chi connectivity index (χ1) is 70.0. The molecule has 0 aliphatic carbocycles. The highest BCUT2D eigenvalue weighted by Gasteiger charge is 2.34. The van der Waals surface area contributed by atoms with E-state index in [4.69, 9.17) is 0 Å².